The molecule has 4 heteroatoms. The largest absolute Gasteiger partial charge is 0.508 e. The van der Waals surface area contributed by atoms with Crippen LogP contribution in [0.1, 0.15) is 82.8 Å². The van der Waals surface area contributed by atoms with Crippen LogP contribution < -0.4 is 0 Å². The number of benzene rings is 6. The van der Waals surface area contributed by atoms with Crippen molar-refractivity contribution < 1.29 is 20.4 Å². The maximum Gasteiger partial charge on any atom is 0.121 e. The van der Waals surface area contributed by atoms with Crippen molar-refractivity contribution in [2.75, 3.05) is 0 Å². The molecule has 4 nitrogen and oxygen atoms in total. The molecule has 0 radical (unpaired) electrons. The first kappa shape index (κ1) is 36.8. The number of hydrogen-bond acceptors (Lipinski definition) is 4. The smallest absolute Gasteiger partial charge is 0.121 e. The quantitative estimate of drug-likeness (QED) is 0.121. The Kier molecular flexibility index (Phi) is 11.0. The van der Waals surface area contributed by atoms with E-state index >= 15 is 0 Å². The average Bonchev–Trinajstić information content (AvgIpc) is 3.12. The molecule has 0 aliphatic carbocycles. The van der Waals surface area contributed by atoms with Gasteiger partial charge in [0, 0.05) is 5.41 Å². The molecule has 0 saturated carbocycles. The molecule has 0 spiro atoms. The highest BCUT2D eigenvalue weighted by Crippen LogP contribution is 2.46. The molecule has 0 aliphatic rings. The van der Waals surface area contributed by atoms with Crippen molar-refractivity contribution >= 4 is 0 Å². The summed E-state index contributed by atoms with van der Waals surface area (Å²) in [5.74, 6) is 1.75. The molecule has 4 N–H and O–H groups in total. The monoisotopic (exact) mass is 678 g/mol. The summed E-state index contributed by atoms with van der Waals surface area (Å²) in [6, 6.07) is 43.7. The van der Waals surface area contributed by atoms with E-state index in [1.807, 2.05) is 88.4 Å². The zero-order chi connectivity index (χ0) is 36.9. The van der Waals surface area contributed by atoms with Crippen LogP contribution in [0.15, 0.2) is 133 Å². The fraction of sp³-hybridized carbons (Fsp3) is 0.234. The standard InChI is InChI=1S/C25H20O2.C22H30O2/c26-23-15-11-21(12-16-23)25(19-7-3-1-4-8-19,20-9-5-2-6-10-20)22-13-17-24(27)18-14-22;1-13(2)12-22(7,18-8-14(3)20(23)15(4)9-18)19-10-16(5)21(24)17(6)11-19/h1-18,26-27H;8-11,13,23-24H,12H2,1-7H3. The molecule has 0 heterocycles. The first-order chi connectivity index (χ1) is 24.3. The second kappa shape index (κ2) is 15.2. The van der Waals surface area contributed by atoms with Crippen molar-refractivity contribution in [3.8, 4) is 23.0 Å². The minimum atomic E-state index is -0.566. The Morgan fingerprint density at radius 1 is 0.431 bits per heavy atom. The molecule has 0 fully saturated rings. The molecule has 6 aromatic rings. The Morgan fingerprint density at radius 2 is 0.725 bits per heavy atom. The third-order valence-corrected chi connectivity index (χ3v) is 10.1. The summed E-state index contributed by atoms with van der Waals surface area (Å²) >= 11 is 0. The number of phenolic OH excluding ortho intramolecular Hbond substituents is 4. The van der Waals surface area contributed by atoms with Crippen molar-refractivity contribution in [2.24, 2.45) is 5.92 Å². The van der Waals surface area contributed by atoms with Gasteiger partial charge in [-0.05, 0) is 120 Å². The van der Waals surface area contributed by atoms with Crippen LogP contribution in [0, 0.1) is 33.6 Å². The predicted molar refractivity (Wildman–Crippen MR) is 209 cm³/mol. The molecule has 0 unspecified atom stereocenters. The minimum Gasteiger partial charge on any atom is -0.508 e. The van der Waals surface area contributed by atoms with Gasteiger partial charge < -0.3 is 20.4 Å². The number of aryl methyl sites for hydroxylation is 4. The van der Waals surface area contributed by atoms with Gasteiger partial charge in [-0.25, -0.2) is 0 Å². The SMILES string of the molecule is Cc1cc(C(C)(CC(C)C)c2cc(C)c(O)c(C)c2)cc(C)c1O.Oc1ccc(C(c2ccccc2)(c2ccccc2)c2ccc(O)cc2)cc1. The van der Waals surface area contributed by atoms with E-state index in [4.69, 9.17) is 0 Å². The summed E-state index contributed by atoms with van der Waals surface area (Å²) in [7, 11) is 0. The van der Waals surface area contributed by atoms with Crippen LogP contribution in [-0.4, -0.2) is 20.4 Å². The highest BCUT2D eigenvalue weighted by molar-refractivity contribution is 5.60. The lowest BCUT2D eigenvalue weighted by Crippen LogP contribution is -2.30. The molecule has 0 atom stereocenters. The fourth-order valence-corrected chi connectivity index (χ4v) is 7.57. The second-order valence-corrected chi connectivity index (χ2v) is 14.4. The minimum absolute atomic E-state index is 0.166. The molecule has 0 saturated heterocycles. The lowest BCUT2D eigenvalue weighted by Gasteiger charge is -2.36. The van der Waals surface area contributed by atoms with Crippen LogP contribution >= 0.6 is 0 Å². The molecular formula is C47H50O4. The first-order valence-electron chi connectivity index (χ1n) is 17.6. The molecule has 51 heavy (non-hydrogen) atoms. The van der Waals surface area contributed by atoms with Gasteiger partial charge in [-0.15, -0.1) is 0 Å². The van der Waals surface area contributed by atoms with E-state index in [1.165, 1.54) is 11.1 Å². The predicted octanol–water partition coefficient (Wildman–Crippen LogP) is 11.2. The van der Waals surface area contributed by atoms with Crippen LogP contribution in [0.5, 0.6) is 23.0 Å². The van der Waals surface area contributed by atoms with Gasteiger partial charge in [0.2, 0.25) is 0 Å². The highest BCUT2D eigenvalue weighted by Gasteiger charge is 2.38. The number of aromatic hydroxyl groups is 4. The fourth-order valence-electron chi connectivity index (χ4n) is 7.57. The van der Waals surface area contributed by atoms with Gasteiger partial charge in [0.05, 0.1) is 5.41 Å². The Hall–Kier alpha value is -5.48. The molecule has 262 valence electrons. The Labute approximate surface area is 303 Å². The molecule has 0 aromatic heterocycles. The summed E-state index contributed by atoms with van der Waals surface area (Å²) in [6.45, 7) is 14.5. The average molecular weight is 679 g/mol. The summed E-state index contributed by atoms with van der Waals surface area (Å²) < 4.78 is 0. The number of hydrogen-bond donors (Lipinski definition) is 4. The Bertz CT molecular complexity index is 1870. The van der Waals surface area contributed by atoms with Gasteiger partial charge in [-0.3, -0.25) is 0 Å². The maximum absolute atomic E-state index is 10.1. The molecule has 0 amide bonds. The molecular weight excluding hydrogens is 629 g/mol. The topological polar surface area (TPSA) is 80.9 Å². The van der Waals surface area contributed by atoms with Crippen LogP contribution in [0.2, 0.25) is 0 Å². The van der Waals surface area contributed by atoms with Gasteiger partial charge >= 0.3 is 0 Å². The van der Waals surface area contributed by atoms with Gasteiger partial charge in [0.15, 0.2) is 0 Å². The normalized spacial score (nSPS) is 11.6. The van der Waals surface area contributed by atoms with Crippen LogP contribution in [0.25, 0.3) is 0 Å². The van der Waals surface area contributed by atoms with Crippen molar-refractivity contribution in [3.63, 3.8) is 0 Å². The first-order valence-corrected chi connectivity index (χ1v) is 17.6. The van der Waals surface area contributed by atoms with Crippen molar-refractivity contribution in [2.45, 2.75) is 65.7 Å². The summed E-state index contributed by atoms with van der Waals surface area (Å²) in [4.78, 5) is 0. The van der Waals surface area contributed by atoms with E-state index in [0.717, 1.165) is 50.9 Å². The van der Waals surface area contributed by atoms with Crippen molar-refractivity contribution in [3.05, 3.63) is 189 Å². The maximum atomic E-state index is 10.1. The van der Waals surface area contributed by atoms with E-state index in [1.54, 1.807) is 24.3 Å². The van der Waals surface area contributed by atoms with E-state index in [9.17, 15) is 20.4 Å². The van der Waals surface area contributed by atoms with Crippen LogP contribution in [0.3, 0.4) is 0 Å². The van der Waals surface area contributed by atoms with E-state index in [0.29, 0.717) is 17.4 Å². The summed E-state index contributed by atoms with van der Waals surface area (Å²) in [5, 5.41) is 40.0. The zero-order valence-electron chi connectivity index (χ0n) is 30.8. The molecule has 6 rings (SSSR count). The summed E-state index contributed by atoms with van der Waals surface area (Å²) in [6.07, 6.45) is 1.00. The molecule has 6 aromatic carbocycles. The third kappa shape index (κ3) is 7.51. The van der Waals surface area contributed by atoms with Crippen LogP contribution in [-0.2, 0) is 10.8 Å². The van der Waals surface area contributed by atoms with Gasteiger partial charge in [0.1, 0.15) is 23.0 Å². The second-order valence-electron chi connectivity index (χ2n) is 14.4. The van der Waals surface area contributed by atoms with Crippen molar-refractivity contribution in [1.29, 1.82) is 0 Å². The third-order valence-electron chi connectivity index (χ3n) is 10.1. The van der Waals surface area contributed by atoms with Crippen molar-refractivity contribution in [1.82, 2.24) is 0 Å². The lowest BCUT2D eigenvalue weighted by atomic mass is 9.65. The Morgan fingerprint density at radius 3 is 1.02 bits per heavy atom. The zero-order valence-corrected chi connectivity index (χ0v) is 30.8. The molecule has 0 aliphatic heterocycles. The van der Waals surface area contributed by atoms with E-state index < -0.39 is 5.41 Å². The number of rotatable bonds is 8. The summed E-state index contributed by atoms with van der Waals surface area (Å²) in [5.41, 5.74) is 9.66. The number of phenols is 4. The Balaban J connectivity index is 0.000000199. The van der Waals surface area contributed by atoms with Gasteiger partial charge in [-0.1, -0.05) is 130 Å². The van der Waals surface area contributed by atoms with Gasteiger partial charge in [-0.2, -0.15) is 0 Å². The van der Waals surface area contributed by atoms with E-state index in [2.05, 4.69) is 69.3 Å². The lowest BCUT2D eigenvalue weighted by molar-refractivity contribution is 0.422. The van der Waals surface area contributed by atoms with E-state index in [-0.39, 0.29) is 16.9 Å². The molecule has 0 bridgehead atoms. The van der Waals surface area contributed by atoms with Gasteiger partial charge in [0.25, 0.3) is 0 Å². The van der Waals surface area contributed by atoms with Crippen LogP contribution in [0.4, 0.5) is 0 Å². The highest BCUT2D eigenvalue weighted by atomic mass is 16.3.